The van der Waals surface area contributed by atoms with E-state index in [-0.39, 0.29) is 0 Å². The molecule has 2 heteroatoms. The van der Waals surface area contributed by atoms with Crippen LogP contribution in [0, 0.1) is 17.2 Å². The van der Waals surface area contributed by atoms with Gasteiger partial charge in [-0.15, -0.1) is 0 Å². The molecule has 2 aromatic carbocycles. The molecule has 0 bridgehead atoms. The SMILES string of the molecule is CCCCCCC1CCC(c2c(C#N)ccc(-c3ccccc3)c2OCCC)CC1. The van der Waals surface area contributed by atoms with Crippen LogP contribution in [0.25, 0.3) is 11.1 Å². The minimum Gasteiger partial charge on any atom is -0.493 e. The van der Waals surface area contributed by atoms with E-state index in [4.69, 9.17) is 4.74 Å². The van der Waals surface area contributed by atoms with Crippen LogP contribution in [0.4, 0.5) is 0 Å². The van der Waals surface area contributed by atoms with Crippen LogP contribution < -0.4 is 4.74 Å². The van der Waals surface area contributed by atoms with Crippen LogP contribution in [0.1, 0.15) is 95.1 Å². The zero-order chi connectivity index (χ0) is 21.2. The van der Waals surface area contributed by atoms with Gasteiger partial charge in [-0.3, -0.25) is 0 Å². The Balaban J connectivity index is 1.83. The zero-order valence-electron chi connectivity index (χ0n) is 18.8. The van der Waals surface area contributed by atoms with E-state index in [1.54, 1.807) is 0 Å². The molecule has 1 aliphatic carbocycles. The normalized spacial score (nSPS) is 18.7. The van der Waals surface area contributed by atoms with E-state index >= 15 is 0 Å². The van der Waals surface area contributed by atoms with E-state index < -0.39 is 0 Å². The van der Waals surface area contributed by atoms with Crippen molar-refractivity contribution in [2.75, 3.05) is 6.61 Å². The van der Waals surface area contributed by atoms with Crippen molar-refractivity contribution in [1.82, 2.24) is 0 Å². The van der Waals surface area contributed by atoms with Crippen LogP contribution in [0.5, 0.6) is 5.75 Å². The largest absolute Gasteiger partial charge is 0.493 e. The van der Waals surface area contributed by atoms with Crippen LogP contribution in [0.15, 0.2) is 42.5 Å². The molecule has 2 aromatic rings. The molecule has 0 aromatic heterocycles. The molecular weight excluding hydrogens is 366 g/mol. The maximum atomic E-state index is 9.87. The van der Waals surface area contributed by atoms with E-state index in [9.17, 15) is 5.26 Å². The molecule has 0 amide bonds. The van der Waals surface area contributed by atoms with Crippen molar-refractivity contribution in [1.29, 1.82) is 5.26 Å². The number of benzene rings is 2. The van der Waals surface area contributed by atoms with E-state index in [2.05, 4.69) is 50.2 Å². The predicted molar refractivity (Wildman–Crippen MR) is 126 cm³/mol. The average Bonchev–Trinajstić information content (AvgIpc) is 2.81. The molecule has 1 fully saturated rings. The minimum atomic E-state index is 0.432. The zero-order valence-corrected chi connectivity index (χ0v) is 18.8. The van der Waals surface area contributed by atoms with Crippen LogP contribution in [0.3, 0.4) is 0 Å². The fraction of sp³-hybridized carbons (Fsp3) is 0.536. The quantitative estimate of drug-likeness (QED) is 0.374. The molecule has 2 nitrogen and oxygen atoms in total. The number of nitrogens with zero attached hydrogens (tertiary/aromatic N) is 1. The summed E-state index contributed by atoms with van der Waals surface area (Å²) in [5.74, 6) is 2.25. The Hall–Kier alpha value is -2.27. The maximum absolute atomic E-state index is 9.87. The molecule has 0 N–H and O–H groups in total. The van der Waals surface area contributed by atoms with Crippen molar-refractivity contribution in [2.45, 2.75) is 84.0 Å². The van der Waals surface area contributed by atoms with Crippen molar-refractivity contribution in [3.63, 3.8) is 0 Å². The third-order valence-electron chi connectivity index (χ3n) is 6.57. The molecule has 0 atom stereocenters. The lowest BCUT2D eigenvalue weighted by Crippen LogP contribution is -2.16. The van der Waals surface area contributed by atoms with Crippen molar-refractivity contribution in [3.05, 3.63) is 53.6 Å². The molecule has 0 radical (unpaired) electrons. The Kier molecular flexibility index (Phi) is 8.81. The van der Waals surface area contributed by atoms with Gasteiger partial charge in [-0.2, -0.15) is 5.26 Å². The number of rotatable bonds is 10. The molecule has 0 spiro atoms. The van der Waals surface area contributed by atoms with Gasteiger partial charge in [-0.05, 0) is 61.6 Å². The van der Waals surface area contributed by atoms with E-state index in [1.807, 2.05) is 12.1 Å². The lowest BCUT2D eigenvalue weighted by Gasteiger charge is -2.31. The second-order valence-electron chi connectivity index (χ2n) is 8.80. The van der Waals surface area contributed by atoms with Crippen molar-refractivity contribution in [3.8, 4) is 22.9 Å². The van der Waals surface area contributed by atoms with E-state index in [0.29, 0.717) is 12.5 Å². The molecule has 3 rings (SSSR count). The third kappa shape index (κ3) is 5.66. The highest BCUT2D eigenvalue weighted by Crippen LogP contribution is 2.46. The molecule has 160 valence electrons. The number of nitriles is 1. The van der Waals surface area contributed by atoms with Gasteiger partial charge >= 0.3 is 0 Å². The Labute approximate surface area is 183 Å². The monoisotopic (exact) mass is 403 g/mol. The first-order valence-corrected chi connectivity index (χ1v) is 12.0. The molecule has 0 unspecified atom stereocenters. The summed E-state index contributed by atoms with van der Waals surface area (Å²) in [4.78, 5) is 0. The molecule has 30 heavy (non-hydrogen) atoms. The van der Waals surface area contributed by atoms with Crippen molar-refractivity contribution in [2.24, 2.45) is 5.92 Å². The Morgan fingerprint density at radius 1 is 0.900 bits per heavy atom. The first-order valence-electron chi connectivity index (χ1n) is 12.0. The summed E-state index contributed by atoms with van der Waals surface area (Å²) in [5.41, 5.74) is 4.25. The highest BCUT2D eigenvalue weighted by molar-refractivity contribution is 5.74. The van der Waals surface area contributed by atoms with Gasteiger partial charge in [0.05, 0.1) is 18.2 Å². The fourth-order valence-electron chi connectivity index (χ4n) is 4.91. The van der Waals surface area contributed by atoms with Gasteiger partial charge in [0.1, 0.15) is 5.75 Å². The highest BCUT2D eigenvalue weighted by atomic mass is 16.5. The molecule has 1 saturated carbocycles. The number of unbranched alkanes of at least 4 members (excludes halogenated alkanes) is 3. The van der Waals surface area contributed by atoms with Gasteiger partial charge < -0.3 is 4.74 Å². The summed E-state index contributed by atoms with van der Waals surface area (Å²) in [6.45, 7) is 5.11. The second kappa shape index (κ2) is 11.8. The predicted octanol–water partition coefficient (Wildman–Crippen LogP) is 8.26. The van der Waals surface area contributed by atoms with Gasteiger partial charge in [0.25, 0.3) is 0 Å². The summed E-state index contributed by atoms with van der Waals surface area (Å²) in [7, 11) is 0. The first kappa shape index (κ1) is 22.4. The van der Waals surface area contributed by atoms with Gasteiger partial charge in [0.2, 0.25) is 0 Å². The van der Waals surface area contributed by atoms with Gasteiger partial charge in [-0.25, -0.2) is 0 Å². The topological polar surface area (TPSA) is 33.0 Å². The molecular formula is C28H37NO. The molecule has 0 saturated heterocycles. The number of hydrogen-bond donors (Lipinski definition) is 0. The molecule has 1 aliphatic rings. The van der Waals surface area contributed by atoms with E-state index in [1.165, 1.54) is 63.4 Å². The second-order valence-corrected chi connectivity index (χ2v) is 8.80. The summed E-state index contributed by atoms with van der Waals surface area (Å²) in [6.07, 6.45) is 12.7. The minimum absolute atomic E-state index is 0.432. The summed E-state index contributed by atoms with van der Waals surface area (Å²) in [6, 6.07) is 17.0. The van der Waals surface area contributed by atoms with Crippen molar-refractivity contribution >= 4 is 0 Å². The Bertz CT molecular complexity index is 813. The summed E-state index contributed by atoms with van der Waals surface area (Å²) >= 11 is 0. The van der Waals surface area contributed by atoms with Gasteiger partial charge in [-0.1, -0.05) is 76.3 Å². The average molecular weight is 404 g/mol. The first-order chi connectivity index (χ1) is 14.8. The summed E-state index contributed by atoms with van der Waals surface area (Å²) in [5, 5.41) is 9.87. The summed E-state index contributed by atoms with van der Waals surface area (Å²) < 4.78 is 6.34. The van der Waals surface area contributed by atoms with Crippen LogP contribution in [-0.2, 0) is 0 Å². The number of ether oxygens (including phenoxy) is 1. The third-order valence-corrected chi connectivity index (χ3v) is 6.57. The maximum Gasteiger partial charge on any atom is 0.131 e. The smallest absolute Gasteiger partial charge is 0.131 e. The Morgan fingerprint density at radius 2 is 1.67 bits per heavy atom. The fourth-order valence-corrected chi connectivity index (χ4v) is 4.91. The van der Waals surface area contributed by atoms with Crippen LogP contribution in [0.2, 0.25) is 0 Å². The van der Waals surface area contributed by atoms with E-state index in [0.717, 1.165) is 34.8 Å². The lowest BCUT2D eigenvalue weighted by molar-refractivity contribution is 0.284. The highest BCUT2D eigenvalue weighted by Gasteiger charge is 2.28. The van der Waals surface area contributed by atoms with Gasteiger partial charge in [0.15, 0.2) is 0 Å². The van der Waals surface area contributed by atoms with Gasteiger partial charge in [0, 0.05) is 11.1 Å². The van der Waals surface area contributed by atoms with Crippen LogP contribution >= 0.6 is 0 Å². The van der Waals surface area contributed by atoms with Crippen LogP contribution in [-0.4, -0.2) is 6.61 Å². The lowest BCUT2D eigenvalue weighted by atomic mass is 9.75. The number of hydrogen-bond acceptors (Lipinski definition) is 2. The standard InChI is InChI=1S/C28H37NO/c1-3-5-6-8-11-22-14-16-24(17-15-22)27-25(21-29)18-19-26(28(27)30-20-4-2)23-12-9-7-10-13-23/h7,9-10,12-13,18-19,22,24H,3-6,8,11,14-17,20H2,1-2H3. The molecule has 0 aliphatic heterocycles. The Morgan fingerprint density at radius 3 is 2.33 bits per heavy atom. The molecule has 0 heterocycles. The van der Waals surface area contributed by atoms with Crippen molar-refractivity contribution < 1.29 is 4.74 Å².